The maximum atomic E-state index is 4.30. The van der Waals surface area contributed by atoms with E-state index in [1.165, 1.54) is 0 Å². The fraction of sp³-hybridized carbons (Fsp3) is 0.333. The van der Waals surface area contributed by atoms with Crippen molar-refractivity contribution in [1.29, 1.82) is 0 Å². The Morgan fingerprint density at radius 3 is 2.94 bits per heavy atom. The molecule has 0 aromatic carbocycles. The van der Waals surface area contributed by atoms with Gasteiger partial charge >= 0.3 is 0 Å². The zero-order chi connectivity index (χ0) is 11.9. The van der Waals surface area contributed by atoms with E-state index in [9.17, 15) is 0 Å². The van der Waals surface area contributed by atoms with Crippen LogP contribution in [0.15, 0.2) is 35.2 Å². The summed E-state index contributed by atoms with van der Waals surface area (Å²) in [7, 11) is 0. The minimum absolute atomic E-state index is 0.811. The molecule has 0 bridgehead atoms. The number of rotatable bonds is 6. The second kappa shape index (κ2) is 6.51. The Hall–Kier alpha value is -1.20. The van der Waals surface area contributed by atoms with Gasteiger partial charge in [0.2, 0.25) is 0 Å². The number of aromatic amines is 1. The molecule has 2 rings (SSSR count). The highest BCUT2D eigenvalue weighted by atomic mass is 79.9. The summed E-state index contributed by atoms with van der Waals surface area (Å²) in [5, 5.41) is 3.36. The monoisotopic (exact) mass is 294 g/mol. The molecular weight excluding hydrogens is 280 g/mol. The lowest BCUT2D eigenvalue weighted by molar-refractivity contribution is 0.633. The number of aromatic nitrogens is 3. The van der Waals surface area contributed by atoms with Crippen molar-refractivity contribution in [3.8, 4) is 0 Å². The molecule has 0 saturated carbocycles. The molecular formula is C12H15BrN4. The van der Waals surface area contributed by atoms with Gasteiger partial charge in [-0.1, -0.05) is 0 Å². The Morgan fingerprint density at radius 2 is 2.24 bits per heavy atom. The lowest BCUT2D eigenvalue weighted by atomic mass is 10.3. The van der Waals surface area contributed by atoms with E-state index in [1.54, 1.807) is 6.20 Å². The second-order valence-electron chi connectivity index (χ2n) is 3.78. The van der Waals surface area contributed by atoms with E-state index < -0.39 is 0 Å². The van der Waals surface area contributed by atoms with E-state index >= 15 is 0 Å². The molecule has 0 saturated heterocycles. The number of nitrogens with zero attached hydrogens (tertiary/aromatic N) is 2. The number of pyridine rings is 1. The summed E-state index contributed by atoms with van der Waals surface area (Å²) in [6.07, 6.45) is 7.51. The van der Waals surface area contributed by atoms with E-state index in [-0.39, 0.29) is 0 Å². The Morgan fingerprint density at radius 1 is 1.29 bits per heavy atom. The normalized spacial score (nSPS) is 10.6. The van der Waals surface area contributed by atoms with Crippen molar-refractivity contribution < 1.29 is 0 Å². The summed E-state index contributed by atoms with van der Waals surface area (Å²) in [5.41, 5.74) is 1.06. The van der Waals surface area contributed by atoms with Crippen molar-refractivity contribution in [2.24, 2.45) is 0 Å². The third-order valence-electron chi connectivity index (χ3n) is 2.42. The predicted octanol–water partition coefficient (Wildman–Crippen LogP) is 2.29. The maximum absolute atomic E-state index is 4.30. The van der Waals surface area contributed by atoms with Gasteiger partial charge in [-0.3, -0.25) is 4.98 Å². The van der Waals surface area contributed by atoms with Crippen molar-refractivity contribution >= 4 is 15.9 Å². The van der Waals surface area contributed by atoms with Crippen molar-refractivity contribution in [3.63, 3.8) is 0 Å². The van der Waals surface area contributed by atoms with Gasteiger partial charge in [-0.15, -0.1) is 0 Å². The molecule has 0 aliphatic rings. The maximum Gasteiger partial charge on any atom is 0.106 e. The molecule has 0 aliphatic heterocycles. The first-order chi connectivity index (χ1) is 8.34. The highest BCUT2D eigenvalue weighted by Gasteiger charge is 1.96. The smallest absolute Gasteiger partial charge is 0.106 e. The summed E-state index contributed by atoms with van der Waals surface area (Å²) >= 11 is 3.37. The molecule has 2 aromatic heterocycles. The van der Waals surface area contributed by atoms with Gasteiger partial charge < -0.3 is 10.3 Å². The highest BCUT2D eigenvalue weighted by molar-refractivity contribution is 9.10. The van der Waals surface area contributed by atoms with E-state index in [0.29, 0.717) is 0 Å². The first kappa shape index (κ1) is 12.3. The molecule has 0 aliphatic carbocycles. The number of imidazole rings is 1. The fourth-order valence-electron chi connectivity index (χ4n) is 1.54. The standard InChI is InChI=1S/C12H15BrN4/c13-10-3-4-11(17-8-10)9-14-5-1-2-12-15-6-7-16-12/h3-4,6-8,14H,1-2,5,9H2,(H,15,16). The van der Waals surface area contributed by atoms with Crippen molar-refractivity contribution in [2.45, 2.75) is 19.4 Å². The average molecular weight is 295 g/mol. The van der Waals surface area contributed by atoms with Gasteiger partial charge in [-0.05, 0) is 41.0 Å². The number of aryl methyl sites for hydroxylation is 1. The minimum Gasteiger partial charge on any atom is -0.349 e. The zero-order valence-corrected chi connectivity index (χ0v) is 11.1. The largest absolute Gasteiger partial charge is 0.349 e. The van der Waals surface area contributed by atoms with Gasteiger partial charge in [0.1, 0.15) is 5.82 Å². The number of hydrogen-bond acceptors (Lipinski definition) is 3. The van der Waals surface area contributed by atoms with Gasteiger partial charge in [0.15, 0.2) is 0 Å². The predicted molar refractivity (Wildman–Crippen MR) is 70.6 cm³/mol. The van der Waals surface area contributed by atoms with Crippen LogP contribution in [-0.4, -0.2) is 21.5 Å². The molecule has 4 nitrogen and oxygen atoms in total. The summed E-state index contributed by atoms with van der Waals surface area (Å²) in [4.78, 5) is 11.6. The SMILES string of the molecule is Brc1ccc(CNCCCc2ncc[nH]2)nc1. The summed E-state index contributed by atoms with van der Waals surface area (Å²) in [6.45, 7) is 1.78. The quantitative estimate of drug-likeness (QED) is 0.804. The Balaban J connectivity index is 1.61. The molecule has 0 spiro atoms. The van der Waals surface area contributed by atoms with Gasteiger partial charge in [0, 0.05) is 36.0 Å². The molecule has 2 N–H and O–H groups in total. The van der Waals surface area contributed by atoms with Gasteiger partial charge in [0.25, 0.3) is 0 Å². The zero-order valence-electron chi connectivity index (χ0n) is 9.49. The molecule has 5 heteroatoms. The lowest BCUT2D eigenvalue weighted by Gasteiger charge is -2.03. The van der Waals surface area contributed by atoms with Crippen molar-refractivity contribution in [2.75, 3.05) is 6.54 Å². The van der Waals surface area contributed by atoms with Crippen LogP contribution in [0.3, 0.4) is 0 Å². The van der Waals surface area contributed by atoms with E-state index in [2.05, 4.69) is 36.2 Å². The molecule has 0 unspecified atom stereocenters. The third kappa shape index (κ3) is 4.28. The number of nitrogens with one attached hydrogen (secondary N) is 2. The molecule has 0 fully saturated rings. The third-order valence-corrected chi connectivity index (χ3v) is 2.89. The molecule has 2 heterocycles. The van der Waals surface area contributed by atoms with E-state index in [0.717, 1.165) is 41.9 Å². The Bertz CT molecular complexity index is 424. The average Bonchev–Trinajstić information content (AvgIpc) is 2.84. The number of H-pyrrole nitrogens is 1. The minimum atomic E-state index is 0.811. The summed E-state index contributed by atoms with van der Waals surface area (Å²) in [6, 6.07) is 4.02. The van der Waals surface area contributed by atoms with Crippen LogP contribution in [0.4, 0.5) is 0 Å². The molecule has 0 amide bonds. The van der Waals surface area contributed by atoms with Gasteiger partial charge in [0.05, 0.1) is 5.69 Å². The van der Waals surface area contributed by atoms with Crippen LogP contribution >= 0.6 is 15.9 Å². The first-order valence-electron chi connectivity index (χ1n) is 5.64. The van der Waals surface area contributed by atoms with E-state index in [4.69, 9.17) is 0 Å². The van der Waals surface area contributed by atoms with Crippen molar-refractivity contribution in [3.05, 3.63) is 46.7 Å². The van der Waals surface area contributed by atoms with Crippen molar-refractivity contribution in [1.82, 2.24) is 20.3 Å². The van der Waals surface area contributed by atoms with Gasteiger partial charge in [-0.25, -0.2) is 4.98 Å². The van der Waals surface area contributed by atoms with Crippen LogP contribution < -0.4 is 5.32 Å². The second-order valence-corrected chi connectivity index (χ2v) is 4.70. The van der Waals surface area contributed by atoms with Crippen LogP contribution in [-0.2, 0) is 13.0 Å². The molecule has 0 radical (unpaired) electrons. The molecule has 90 valence electrons. The topological polar surface area (TPSA) is 53.6 Å². The van der Waals surface area contributed by atoms with Crippen LogP contribution in [0.25, 0.3) is 0 Å². The number of halogens is 1. The van der Waals surface area contributed by atoms with E-state index in [1.807, 2.05) is 24.5 Å². The van der Waals surface area contributed by atoms with Crippen LogP contribution in [0.1, 0.15) is 17.9 Å². The molecule has 17 heavy (non-hydrogen) atoms. The first-order valence-corrected chi connectivity index (χ1v) is 6.43. The van der Waals surface area contributed by atoms with Crippen LogP contribution in [0, 0.1) is 0 Å². The molecule has 0 atom stereocenters. The van der Waals surface area contributed by atoms with Crippen LogP contribution in [0.2, 0.25) is 0 Å². The Labute approximate surface area is 109 Å². The molecule has 2 aromatic rings. The Kier molecular flexibility index (Phi) is 4.70. The highest BCUT2D eigenvalue weighted by Crippen LogP contribution is 2.07. The summed E-state index contributed by atoms with van der Waals surface area (Å²) < 4.78 is 1.01. The van der Waals surface area contributed by atoms with Gasteiger partial charge in [-0.2, -0.15) is 0 Å². The summed E-state index contributed by atoms with van der Waals surface area (Å²) in [5.74, 6) is 1.05. The lowest BCUT2D eigenvalue weighted by Crippen LogP contribution is -2.16. The fourth-order valence-corrected chi connectivity index (χ4v) is 1.78. The van der Waals surface area contributed by atoms with Crippen LogP contribution in [0.5, 0.6) is 0 Å². The number of hydrogen-bond donors (Lipinski definition) is 2.